The van der Waals surface area contributed by atoms with Crippen LogP contribution in [0.15, 0.2) is 6.07 Å². The summed E-state index contributed by atoms with van der Waals surface area (Å²) in [6.07, 6.45) is 8.53. The SMILES string of the molecule is CC(CC1CC1)Nc1nc2c(cc1C#N)CCCC2. The van der Waals surface area contributed by atoms with Gasteiger partial charge >= 0.3 is 0 Å². The maximum absolute atomic E-state index is 9.30. The van der Waals surface area contributed by atoms with Gasteiger partial charge in [-0.05, 0) is 56.6 Å². The number of nitrogens with one attached hydrogen (secondary N) is 1. The van der Waals surface area contributed by atoms with Crippen molar-refractivity contribution in [2.45, 2.75) is 57.9 Å². The molecule has 3 heteroatoms. The van der Waals surface area contributed by atoms with Crippen LogP contribution in [0.4, 0.5) is 5.82 Å². The third kappa shape index (κ3) is 2.89. The molecule has 1 aromatic heterocycles. The van der Waals surface area contributed by atoms with Crippen molar-refractivity contribution in [3.63, 3.8) is 0 Å². The normalized spacial score (nSPS) is 19.4. The first-order valence-corrected chi connectivity index (χ1v) is 7.45. The summed E-state index contributed by atoms with van der Waals surface area (Å²) in [6.45, 7) is 2.20. The van der Waals surface area contributed by atoms with Crippen molar-refractivity contribution >= 4 is 5.82 Å². The van der Waals surface area contributed by atoms with Gasteiger partial charge in [0, 0.05) is 11.7 Å². The highest BCUT2D eigenvalue weighted by Gasteiger charge is 2.24. The van der Waals surface area contributed by atoms with Gasteiger partial charge in [-0.3, -0.25) is 0 Å². The zero-order valence-corrected chi connectivity index (χ0v) is 11.6. The number of anilines is 1. The quantitative estimate of drug-likeness (QED) is 0.896. The minimum Gasteiger partial charge on any atom is -0.367 e. The van der Waals surface area contributed by atoms with Crippen molar-refractivity contribution in [3.8, 4) is 6.07 Å². The summed E-state index contributed by atoms with van der Waals surface area (Å²) >= 11 is 0. The number of hydrogen-bond acceptors (Lipinski definition) is 3. The Bertz CT molecular complexity index is 511. The highest BCUT2D eigenvalue weighted by molar-refractivity contribution is 5.55. The summed E-state index contributed by atoms with van der Waals surface area (Å²) in [5.74, 6) is 1.70. The molecular weight excluding hydrogens is 234 g/mol. The van der Waals surface area contributed by atoms with Crippen LogP contribution in [0.3, 0.4) is 0 Å². The molecule has 3 nitrogen and oxygen atoms in total. The van der Waals surface area contributed by atoms with Crippen LogP contribution in [-0.2, 0) is 12.8 Å². The van der Waals surface area contributed by atoms with Crippen molar-refractivity contribution in [1.82, 2.24) is 4.98 Å². The number of nitriles is 1. The van der Waals surface area contributed by atoms with Crippen LogP contribution in [0, 0.1) is 17.2 Å². The second-order valence-electron chi connectivity index (χ2n) is 6.03. The molecule has 1 N–H and O–H groups in total. The number of aryl methyl sites for hydroxylation is 2. The van der Waals surface area contributed by atoms with E-state index in [9.17, 15) is 5.26 Å². The van der Waals surface area contributed by atoms with Crippen molar-refractivity contribution < 1.29 is 0 Å². The van der Waals surface area contributed by atoms with E-state index >= 15 is 0 Å². The molecule has 0 radical (unpaired) electrons. The third-order valence-corrected chi connectivity index (χ3v) is 4.19. The molecule has 1 heterocycles. The Balaban J connectivity index is 1.80. The number of pyridine rings is 1. The molecule has 0 aromatic carbocycles. The largest absolute Gasteiger partial charge is 0.367 e. The first-order valence-electron chi connectivity index (χ1n) is 7.45. The fourth-order valence-corrected chi connectivity index (χ4v) is 2.97. The topological polar surface area (TPSA) is 48.7 Å². The predicted molar refractivity (Wildman–Crippen MR) is 76.0 cm³/mol. The fraction of sp³-hybridized carbons (Fsp3) is 0.625. The summed E-state index contributed by atoms with van der Waals surface area (Å²) in [5.41, 5.74) is 3.19. The first kappa shape index (κ1) is 12.5. The Labute approximate surface area is 115 Å². The van der Waals surface area contributed by atoms with E-state index in [-0.39, 0.29) is 0 Å². The average Bonchev–Trinajstić information content (AvgIpc) is 3.21. The smallest absolute Gasteiger partial charge is 0.144 e. The van der Waals surface area contributed by atoms with Crippen LogP contribution >= 0.6 is 0 Å². The third-order valence-electron chi connectivity index (χ3n) is 4.19. The van der Waals surface area contributed by atoms with Crippen LogP contribution in [0.25, 0.3) is 0 Å². The number of rotatable bonds is 4. The van der Waals surface area contributed by atoms with E-state index in [0.29, 0.717) is 11.6 Å². The molecule has 19 heavy (non-hydrogen) atoms. The van der Waals surface area contributed by atoms with Crippen LogP contribution in [0.5, 0.6) is 0 Å². The lowest BCUT2D eigenvalue weighted by molar-refractivity contribution is 0.635. The van der Waals surface area contributed by atoms with E-state index in [1.54, 1.807) is 0 Å². The van der Waals surface area contributed by atoms with Crippen LogP contribution in [0.1, 0.15) is 55.8 Å². The fourth-order valence-electron chi connectivity index (χ4n) is 2.97. The Hall–Kier alpha value is -1.56. The van der Waals surface area contributed by atoms with Crippen molar-refractivity contribution in [2.24, 2.45) is 5.92 Å². The minimum absolute atomic E-state index is 0.411. The summed E-state index contributed by atoms with van der Waals surface area (Å²) < 4.78 is 0. The number of nitrogens with zero attached hydrogens (tertiary/aromatic N) is 2. The zero-order valence-electron chi connectivity index (χ0n) is 11.6. The van der Waals surface area contributed by atoms with Gasteiger partial charge in [0.15, 0.2) is 0 Å². The second-order valence-corrected chi connectivity index (χ2v) is 6.03. The van der Waals surface area contributed by atoms with E-state index in [1.165, 1.54) is 43.4 Å². The van der Waals surface area contributed by atoms with Crippen LogP contribution in [-0.4, -0.2) is 11.0 Å². The summed E-state index contributed by atoms with van der Waals surface area (Å²) in [7, 11) is 0. The van der Waals surface area contributed by atoms with E-state index in [0.717, 1.165) is 24.6 Å². The van der Waals surface area contributed by atoms with Crippen molar-refractivity contribution in [3.05, 3.63) is 22.9 Å². The lowest BCUT2D eigenvalue weighted by Gasteiger charge is -2.20. The molecule has 2 aliphatic rings. The van der Waals surface area contributed by atoms with Gasteiger partial charge < -0.3 is 5.32 Å². The molecule has 1 atom stereocenters. The van der Waals surface area contributed by atoms with E-state index in [4.69, 9.17) is 4.98 Å². The van der Waals surface area contributed by atoms with E-state index in [2.05, 4.69) is 18.3 Å². The van der Waals surface area contributed by atoms with Crippen molar-refractivity contribution in [2.75, 3.05) is 5.32 Å². The highest BCUT2D eigenvalue weighted by atomic mass is 15.0. The Kier molecular flexibility index (Phi) is 3.42. The van der Waals surface area contributed by atoms with E-state index in [1.807, 2.05) is 6.07 Å². The Morgan fingerprint density at radius 1 is 1.42 bits per heavy atom. The Morgan fingerprint density at radius 2 is 2.21 bits per heavy atom. The number of hydrogen-bond donors (Lipinski definition) is 1. The molecule has 1 saturated carbocycles. The highest BCUT2D eigenvalue weighted by Crippen LogP contribution is 2.34. The molecule has 2 aliphatic carbocycles. The zero-order chi connectivity index (χ0) is 13.2. The maximum atomic E-state index is 9.30. The number of fused-ring (bicyclic) bond motifs is 1. The molecule has 0 spiro atoms. The van der Waals surface area contributed by atoms with Crippen LogP contribution in [0.2, 0.25) is 0 Å². The molecule has 1 aromatic rings. The molecule has 0 bridgehead atoms. The van der Waals surface area contributed by atoms with Gasteiger partial charge in [0.2, 0.25) is 0 Å². The van der Waals surface area contributed by atoms with Gasteiger partial charge in [0.1, 0.15) is 11.9 Å². The average molecular weight is 255 g/mol. The summed E-state index contributed by atoms with van der Waals surface area (Å²) in [5, 5.41) is 12.7. The van der Waals surface area contributed by atoms with Crippen LogP contribution < -0.4 is 5.32 Å². The summed E-state index contributed by atoms with van der Waals surface area (Å²) in [6, 6.07) is 4.76. The predicted octanol–water partition coefficient (Wildman–Crippen LogP) is 3.43. The van der Waals surface area contributed by atoms with Gasteiger partial charge in [-0.15, -0.1) is 0 Å². The molecule has 0 aliphatic heterocycles. The lowest BCUT2D eigenvalue weighted by atomic mass is 9.95. The first-order chi connectivity index (χ1) is 9.26. The molecule has 0 amide bonds. The number of aromatic nitrogens is 1. The van der Waals surface area contributed by atoms with Gasteiger partial charge in [0.05, 0.1) is 5.56 Å². The van der Waals surface area contributed by atoms with Gasteiger partial charge in [-0.2, -0.15) is 5.26 Å². The van der Waals surface area contributed by atoms with Crippen molar-refractivity contribution in [1.29, 1.82) is 5.26 Å². The van der Waals surface area contributed by atoms with Gasteiger partial charge in [-0.1, -0.05) is 12.8 Å². The second kappa shape index (κ2) is 5.21. The van der Waals surface area contributed by atoms with Gasteiger partial charge in [0.25, 0.3) is 0 Å². The monoisotopic (exact) mass is 255 g/mol. The summed E-state index contributed by atoms with van der Waals surface area (Å²) in [4.78, 5) is 4.72. The molecule has 1 fully saturated rings. The molecular formula is C16H21N3. The standard InChI is InChI=1S/C16H21N3/c1-11(8-12-6-7-12)18-16-14(10-17)9-13-4-2-3-5-15(13)19-16/h9,11-12H,2-8H2,1H3,(H,18,19). The van der Waals surface area contributed by atoms with E-state index < -0.39 is 0 Å². The minimum atomic E-state index is 0.411. The molecule has 100 valence electrons. The maximum Gasteiger partial charge on any atom is 0.144 e. The van der Waals surface area contributed by atoms with Gasteiger partial charge in [-0.25, -0.2) is 4.98 Å². The lowest BCUT2D eigenvalue weighted by Crippen LogP contribution is -2.19. The molecule has 0 saturated heterocycles. The molecule has 1 unspecified atom stereocenters. The molecule has 3 rings (SSSR count). The Morgan fingerprint density at radius 3 is 2.95 bits per heavy atom.